The summed E-state index contributed by atoms with van der Waals surface area (Å²) < 4.78 is 16.1. The number of hydrogen-bond acceptors (Lipinski definition) is 8. The van der Waals surface area contributed by atoms with Gasteiger partial charge in [-0.25, -0.2) is 4.39 Å². The molecule has 2 rings (SSSR count). The monoisotopic (exact) mass is 868 g/mol. The average Bonchev–Trinajstić information content (AvgIpc) is 3.42. The van der Waals surface area contributed by atoms with Gasteiger partial charge in [0.05, 0.1) is 28.5 Å². The maximum Gasteiger partial charge on any atom is 2.00 e. The second-order valence-electron chi connectivity index (χ2n) is 11.2. The summed E-state index contributed by atoms with van der Waals surface area (Å²) in [5, 5.41) is 14.4. The van der Waals surface area contributed by atoms with E-state index in [1.54, 1.807) is 12.1 Å². The molecule has 0 fully saturated rings. The summed E-state index contributed by atoms with van der Waals surface area (Å²) in [6.45, 7) is 16.9. The van der Waals surface area contributed by atoms with Crippen molar-refractivity contribution in [3.05, 3.63) is 59.1 Å². The van der Waals surface area contributed by atoms with Crippen molar-refractivity contribution in [3.8, 4) is 11.3 Å². The number of hydrogen-bond donors (Lipinski definition) is 3. The third kappa shape index (κ3) is 15.1. The predicted molar refractivity (Wildman–Crippen MR) is 185 cm³/mol. The molecule has 1 atom stereocenters. The number of nitrogens with zero attached hydrogens (tertiary/aromatic N) is 2. The van der Waals surface area contributed by atoms with Crippen molar-refractivity contribution in [3.63, 3.8) is 0 Å². The van der Waals surface area contributed by atoms with E-state index in [-0.39, 0.29) is 55.6 Å². The Morgan fingerprint density at radius 2 is 1.91 bits per heavy atom. The van der Waals surface area contributed by atoms with Gasteiger partial charge < -0.3 is 27.9 Å². The summed E-state index contributed by atoms with van der Waals surface area (Å²) in [5.74, 6) is 0.405. The number of aliphatic hydroxyl groups excluding tert-OH is 1. The Labute approximate surface area is 299 Å². The third-order valence-electron chi connectivity index (χ3n) is 6.32. The maximum atomic E-state index is 16.1. The summed E-state index contributed by atoms with van der Waals surface area (Å²) in [6.07, 6.45) is 7.81. The molecule has 2 aromatic rings. The first-order valence-electron chi connectivity index (χ1n) is 14.7. The zero-order valence-corrected chi connectivity index (χ0v) is 33.9. The van der Waals surface area contributed by atoms with E-state index >= 15 is 4.39 Å². The number of aromatic nitrogens is 1. The molecule has 248 valence electrons. The maximum absolute atomic E-state index is 16.1. The topological polar surface area (TPSA) is 105 Å². The molecular formula is C33H52BFN4O4SU. The Morgan fingerprint density at radius 3 is 2.47 bits per heavy atom. The van der Waals surface area contributed by atoms with Crippen molar-refractivity contribution in [2.75, 3.05) is 26.0 Å². The number of anilines is 1. The van der Waals surface area contributed by atoms with E-state index in [0.29, 0.717) is 36.4 Å². The van der Waals surface area contributed by atoms with Crippen LogP contribution in [0.4, 0.5) is 10.1 Å². The number of thiazole rings is 1. The Bertz CT molecular complexity index is 1240. The minimum atomic E-state index is -0.511. The van der Waals surface area contributed by atoms with Gasteiger partial charge in [-0.15, -0.1) is 11.3 Å². The minimum Gasteiger partial charge on any atom is -0.454 e. The van der Waals surface area contributed by atoms with E-state index in [4.69, 9.17) is 19.8 Å². The first-order chi connectivity index (χ1) is 20.4. The van der Waals surface area contributed by atoms with Gasteiger partial charge in [-0.05, 0) is 38.6 Å². The summed E-state index contributed by atoms with van der Waals surface area (Å²) in [4.78, 5) is 31.5. The predicted octanol–water partition coefficient (Wildman–Crippen LogP) is 7.92. The normalized spacial score (nSPS) is 12.7. The van der Waals surface area contributed by atoms with Gasteiger partial charge in [0, 0.05) is 37.0 Å². The summed E-state index contributed by atoms with van der Waals surface area (Å²) in [6, 6.07) is 6.27. The molecule has 0 saturated heterocycles. The van der Waals surface area contributed by atoms with Crippen LogP contribution in [0, 0.1) is 56.3 Å². The largest absolute Gasteiger partial charge is 2.00 e. The smallest absolute Gasteiger partial charge is 0.454 e. The number of aldehydes is 1. The first-order valence-corrected chi connectivity index (χ1v) is 15.5. The van der Waals surface area contributed by atoms with Crippen LogP contribution >= 0.6 is 11.3 Å². The van der Waals surface area contributed by atoms with Crippen molar-refractivity contribution < 1.29 is 55.1 Å². The molecule has 0 aliphatic rings. The molecule has 0 radical (unpaired) electrons. The van der Waals surface area contributed by atoms with Crippen LogP contribution in [0.3, 0.4) is 0 Å². The molecule has 3 N–H and O–H groups in total. The van der Waals surface area contributed by atoms with E-state index in [0.717, 1.165) is 41.8 Å². The second kappa shape index (κ2) is 23.5. The molecule has 1 unspecified atom stereocenters. The number of allylic oxidation sites excluding steroid dienone is 3. The van der Waals surface area contributed by atoms with E-state index in [9.17, 15) is 4.79 Å². The molecule has 1 heterocycles. The molecule has 0 spiro atoms. The van der Waals surface area contributed by atoms with Crippen molar-refractivity contribution in [1.82, 2.24) is 10.3 Å². The molecule has 8 nitrogen and oxygen atoms in total. The molecule has 0 amide bonds. The fourth-order valence-corrected chi connectivity index (χ4v) is 4.86. The van der Waals surface area contributed by atoms with Crippen LogP contribution in [0.5, 0.6) is 0 Å². The Hall–Kier alpha value is -1.80. The van der Waals surface area contributed by atoms with E-state index in [1.807, 2.05) is 26.8 Å². The van der Waals surface area contributed by atoms with Gasteiger partial charge in [-0.3, -0.25) is 19.7 Å². The summed E-state index contributed by atoms with van der Waals surface area (Å²) in [7, 11) is 1.92. The Balaban J connectivity index is 0. The number of nitrogens with one attached hydrogen (secondary N) is 2. The van der Waals surface area contributed by atoms with Gasteiger partial charge in [0.1, 0.15) is 6.29 Å². The van der Waals surface area contributed by atoms with Crippen molar-refractivity contribution >= 4 is 41.9 Å². The van der Waals surface area contributed by atoms with Crippen LogP contribution in [0.2, 0.25) is 6.32 Å². The van der Waals surface area contributed by atoms with Gasteiger partial charge in [0.15, 0.2) is 0 Å². The zero-order valence-electron chi connectivity index (χ0n) is 28.9. The number of aliphatic imine (C=N–C) groups is 1. The van der Waals surface area contributed by atoms with Crippen LogP contribution < -0.4 is 10.5 Å². The number of benzene rings is 1. The van der Waals surface area contributed by atoms with E-state index in [1.165, 1.54) is 24.0 Å². The van der Waals surface area contributed by atoms with Gasteiger partial charge in [-0.2, -0.15) is 18.2 Å². The van der Waals surface area contributed by atoms with Gasteiger partial charge >= 0.3 is 38.2 Å². The molecule has 12 heteroatoms. The quantitative estimate of drug-likeness (QED) is 0.0244. The van der Waals surface area contributed by atoms with Gasteiger partial charge in [-0.1, -0.05) is 70.9 Å². The number of rotatable bonds is 15. The number of amidine groups is 1. The minimum absolute atomic E-state index is 0. The number of carbonyl (C=O) groups excluding carboxylic acids is 1. The van der Waals surface area contributed by atoms with Gasteiger partial charge in [0.25, 0.3) is 0 Å². The third-order valence-corrected chi connectivity index (χ3v) is 7.84. The van der Waals surface area contributed by atoms with Crippen LogP contribution in [0.25, 0.3) is 17.0 Å². The molecule has 45 heavy (non-hydrogen) atoms. The molecule has 0 bridgehead atoms. The summed E-state index contributed by atoms with van der Waals surface area (Å²) in [5.41, 5.74) is 2.85. The SMILES string of the molecule is CCCB(Nc1c[c-]cc(-c2nc(C(C)(C)C)sc2/C(=C/C=C(C)CC)NC(C)=NCC(C)CC=O)c1F)OOC.CO.[CH3-].[U+2]. The first kappa shape index (κ1) is 45.3. The van der Waals surface area contributed by atoms with Crippen LogP contribution in [-0.2, 0) is 19.9 Å². The summed E-state index contributed by atoms with van der Waals surface area (Å²) >= 11 is 1.53. The Morgan fingerprint density at radius 1 is 1.24 bits per heavy atom. The molecule has 1 aromatic carbocycles. The van der Waals surface area contributed by atoms with E-state index in [2.05, 4.69) is 62.3 Å². The van der Waals surface area contributed by atoms with Crippen molar-refractivity contribution in [1.29, 1.82) is 0 Å². The van der Waals surface area contributed by atoms with Crippen LogP contribution in [0.1, 0.15) is 84.5 Å². The van der Waals surface area contributed by atoms with Gasteiger partial charge in [0.2, 0.25) is 0 Å². The van der Waals surface area contributed by atoms with Crippen molar-refractivity contribution in [2.24, 2.45) is 10.9 Å². The fourth-order valence-electron chi connectivity index (χ4n) is 3.74. The number of carbonyl (C=O) groups is 1. The molecule has 0 aliphatic heterocycles. The Kier molecular flexibility index (Phi) is 23.7. The number of aliphatic hydroxyl groups is 1. The fraction of sp³-hybridized carbons (Fsp3) is 0.515. The molecule has 0 aliphatic carbocycles. The molecule has 1 aromatic heterocycles. The standard InChI is InChI=1S/C31H45BFN4O3S.CH4O.CH3.U/c1-10-18-32(40-39-9)37-25-14-12-13-24(27(25)33)28-29(41-30(36-28)31(6,7)8)26(16-15-21(3)11-2)35-23(5)34-20-22(4)17-19-38;1-2;;/h13-16,19,22,37H,10-11,17-18,20H2,1-9H3,(H,34,35);2H,1H3;1H3;/q-1;;-1;+2/b21-15?,26-16-;;;. The molecule has 0 saturated carbocycles. The van der Waals surface area contributed by atoms with Crippen LogP contribution in [0.15, 0.2) is 34.9 Å². The second-order valence-corrected chi connectivity index (χ2v) is 12.2. The number of halogens is 1. The van der Waals surface area contributed by atoms with Crippen LogP contribution in [-0.4, -0.2) is 50.0 Å². The van der Waals surface area contributed by atoms with E-state index < -0.39 is 12.9 Å². The average molecular weight is 869 g/mol. The zero-order chi connectivity index (χ0) is 32.6. The molecular weight excluding hydrogens is 816 g/mol. The van der Waals surface area contributed by atoms with Crippen molar-refractivity contribution in [2.45, 2.75) is 86.4 Å².